The number of aryl methyl sites for hydroxylation is 1. The molecule has 0 spiro atoms. The van der Waals surface area contributed by atoms with E-state index in [4.69, 9.17) is 5.73 Å². The molecule has 5 heteroatoms. The monoisotopic (exact) mass is 289 g/mol. The summed E-state index contributed by atoms with van der Waals surface area (Å²) in [6.07, 6.45) is 3.03. The Kier molecular flexibility index (Phi) is 4.96. The van der Waals surface area contributed by atoms with E-state index >= 15 is 0 Å². The third-order valence-corrected chi connectivity index (χ3v) is 3.77. The molecule has 0 aromatic heterocycles. The van der Waals surface area contributed by atoms with E-state index in [-0.39, 0.29) is 17.9 Å². The van der Waals surface area contributed by atoms with E-state index in [2.05, 4.69) is 10.6 Å². The van der Waals surface area contributed by atoms with Crippen LogP contribution in [0.4, 0.5) is 11.4 Å². The van der Waals surface area contributed by atoms with Crippen molar-refractivity contribution in [1.82, 2.24) is 0 Å². The lowest BCUT2D eigenvalue weighted by Crippen LogP contribution is -2.29. The Morgan fingerprint density at radius 2 is 2.00 bits per heavy atom. The van der Waals surface area contributed by atoms with Crippen LogP contribution in [0, 0.1) is 12.8 Å². The summed E-state index contributed by atoms with van der Waals surface area (Å²) >= 11 is 0. The van der Waals surface area contributed by atoms with Gasteiger partial charge in [-0.2, -0.15) is 0 Å². The van der Waals surface area contributed by atoms with Crippen molar-refractivity contribution in [3.8, 4) is 0 Å². The number of hydrogen-bond acceptors (Lipinski definition) is 3. The van der Waals surface area contributed by atoms with Crippen LogP contribution in [-0.2, 0) is 9.59 Å². The topological polar surface area (TPSA) is 84.2 Å². The molecule has 2 rings (SSSR count). The van der Waals surface area contributed by atoms with Crippen molar-refractivity contribution in [2.75, 3.05) is 10.6 Å². The largest absolute Gasteiger partial charge is 0.327 e. The summed E-state index contributed by atoms with van der Waals surface area (Å²) < 4.78 is 0. The summed E-state index contributed by atoms with van der Waals surface area (Å²) in [6, 6.07) is 5.44. The molecule has 1 fully saturated rings. The fourth-order valence-electron chi connectivity index (χ4n) is 2.19. The predicted molar refractivity (Wildman–Crippen MR) is 84.0 cm³/mol. The quantitative estimate of drug-likeness (QED) is 0.752. The van der Waals surface area contributed by atoms with Crippen molar-refractivity contribution in [1.29, 1.82) is 0 Å². The first kappa shape index (κ1) is 15.5. The molecule has 5 nitrogen and oxygen atoms in total. The fraction of sp³-hybridized carbons (Fsp3) is 0.500. The standard InChI is InChI=1S/C16H23N3O2/c1-3-15(20)18-12-7-4-10(2)14(8-12)19-16(21)9-13(17)11-5-6-11/h4,7-8,11,13H,3,5-6,9,17H2,1-2H3,(H,18,20)(H,19,21). The van der Waals surface area contributed by atoms with Gasteiger partial charge in [-0.05, 0) is 43.4 Å². The molecule has 4 N–H and O–H groups in total. The summed E-state index contributed by atoms with van der Waals surface area (Å²) in [7, 11) is 0. The van der Waals surface area contributed by atoms with Gasteiger partial charge in [0.25, 0.3) is 0 Å². The van der Waals surface area contributed by atoms with Crippen LogP contribution in [0.3, 0.4) is 0 Å². The Hall–Kier alpha value is -1.88. The highest BCUT2D eigenvalue weighted by molar-refractivity contribution is 5.94. The van der Waals surface area contributed by atoms with E-state index in [1.54, 1.807) is 13.0 Å². The van der Waals surface area contributed by atoms with Gasteiger partial charge in [-0.3, -0.25) is 9.59 Å². The molecule has 1 aliphatic carbocycles. The average Bonchev–Trinajstić information content (AvgIpc) is 3.26. The van der Waals surface area contributed by atoms with E-state index in [0.29, 0.717) is 24.4 Å². The predicted octanol–water partition coefficient (Wildman–Crippen LogP) is 2.41. The second-order valence-electron chi connectivity index (χ2n) is 5.69. The number of anilines is 2. The lowest BCUT2D eigenvalue weighted by molar-refractivity contribution is -0.117. The highest BCUT2D eigenvalue weighted by Gasteiger charge is 2.29. The zero-order valence-corrected chi connectivity index (χ0v) is 12.6. The Labute approximate surface area is 125 Å². The summed E-state index contributed by atoms with van der Waals surface area (Å²) in [5.74, 6) is 0.385. The highest BCUT2D eigenvalue weighted by atomic mass is 16.2. The average molecular weight is 289 g/mol. The number of hydrogen-bond donors (Lipinski definition) is 3. The van der Waals surface area contributed by atoms with Gasteiger partial charge in [0.15, 0.2) is 0 Å². The van der Waals surface area contributed by atoms with Crippen LogP contribution in [0.25, 0.3) is 0 Å². The van der Waals surface area contributed by atoms with Crippen LogP contribution in [0.5, 0.6) is 0 Å². The Balaban J connectivity index is 1.98. The van der Waals surface area contributed by atoms with Crippen LogP contribution in [0.15, 0.2) is 18.2 Å². The molecule has 0 bridgehead atoms. The maximum Gasteiger partial charge on any atom is 0.225 e. The smallest absolute Gasteiger partial charge is 0.225 e. The highest BCUT2D eigenvalue weighted by Crippen LogP contribution is 2.33. The number of nitrogens with one attached hydrogen (secondary N) is 2. The molecule has 1 aromatic carbocycles. The Morgan fingerprint density at radius 1 is 1.29 bits per heavy atom. The molecule has 2 amide bonds. The second kappa shape index (κ2) is 6.72. The molecule has 1 aromatic rings. The third-order valence-electron chi connectivity index (χ3n) is 3.77. The molecule has 0 saturated heterocycles. The lowest BCUT2D eigenvalue weighted by Gasteiger charge is -2.13. The van der Waals surface area contributed by atoms with Gasteiger partial charge in [-0.15, -0.1) is 0 Å². The summed E-state index contributed by atoms with van der Waals surface area (Å²) in [6.45, 7) is 3.72. The summed E-state index contributed by atoms with van der Waals surface area (Å²) in [5, 5.41) is 5.67. The van der Waals surface area contributed by atoms with Gasteiger partial charge in [0.2, 0.25) is 11.8 Å². The zero-order valence-electron chi connectivity index (χ0n) is 12.6. The zero-order chi connectivity index (χ0) is 15.4. The van der Waals surface area contributed by atoms with Crippen LogP contribution in [-0.4, -0.2) is 17.9 Å². The number of carbonyl (C=O) groups excluding carboxylic acids is 2. The Morgan fingerprint density at radius 3 is 2.62 bits per heavy atom. The van der Waals surface area contributed by atoms with Crippen molar-refractivity contribution >= 4 is 23.2 Å². The number of carbonyl (C=O) groups is 2. The molecular weight excluding hydrogens is 266 g/mol. The van der Waals surface area contributed by atoms with Gasteiger partial charge < -0.3 is 16.4 Å². The summed E-state index contributed by atoms with van der Waals surface area (Å²) in [4.78, 5) is 23.4. The minimum atomic E-state index is -0.0727. The minimum absolute atomic E-state index is 0.0479. The van der Waals surface area contributed by atoms with Crippen molar-refractivity contribution in [2.45, 2.75) is 45.6 Å². The van der Waals surface area contributed by atoms with Crippen molar-refractivity contribution < 1.29 is 9.59 Å². The molecule has 1 saturated carbocycles. The molecule has 1 aliphatic rings. The van der Waals surface area contributed by atoms with Gasteiger partial charge in [0.05, 0.1) is 0 Å². The van der Waals surface area contributed by atoms with Gasteiger partial charge in [0, 0.05) is 30.3 Å². The van der Waals surface area contributed by atoms with E-state index in [1.807, 2.05) is 19.1 Å². The van der Waals surface area contributed by atoms with E-state index in [1.165, 1.54) is 0 Å². The van der Waals surface area contributed by atoms with Crippen molar-refractivity contribution in [2.24, 2.45) is 11.7 Å². The van der Waals surface area contributed by atoms with Crippen LogP contribution >= 0.6 is 0 Å². The first-order chi connectivity index (χ1) is 9.99. The molecule has 0 radical (unpaired) electrons. The third kappa shape index (κ3) is 4.56. The van der Waals surface area contributed by atoms with Gasteiger partial charge in [0.1, 0.15) is 0 Å². The van der Waals surface area contributed by atoms with E-state index in [0.717, 1.165) is 24.1 Å². The summed E-state index contributed by atoms with van der Waals surface area (Å²) in [5.41, 5.74) is 8.33. The van der Waals surface area contributed by atoms with Crippen LogP contribution in [0.1, 0.15) is 38.2 Å². The van der Waals surface area contributed by atoms with E-state index < -0.39 is 0 Å². The maximum atomic E-state index is 12.0. The van der Waals surface area contributed by atoms with Gasteiger partial charge >= 0.3 is 0 Å². The number of nitrogens with two attached hydrogens (primary N) is 1. The van der Waals surface area contributed by atoms with Crippen molar-refractivity contribution in [3.63, 3.8) is 0 Å². The molecule has 1 atom stereocenters. The van der Waals surface area contributed by atoms with E-state index in [9.17, 15) is 9.59 Å². The molecule has 21 heavy (non-hydrogen) atoms. The molecule has 114 valence electrons. The second-order valence-corrected chi connectivity index (χ2v) is 5.69. The molecule has 0 heterocycles. The maximum absolute atomic E-state index is 12.0. The molecule has 1 unspecified atom stereocenters. The lowest BCUT2D eigenvalue weighted by atomic mass is 10.1. The first-order valence-corrected chi connectivity index (χ1v) is 7.45. The van der Waals surface area contributed by atoms with Crippen LogP contribution in [0.2, 0.25) is 0 Å². The number of rotatable bonds is 6. The SMILES string of the molecule is CCC(=O)Nc1ccc(C)c(NC(=O)CC(N)C2CC2)c1. The minimum Gasteiger partial charge on any atom is -0.327 e. The van der Waals surface area contributed by atoms with Gasteiger partial charge in [-0.1, -0.05) is 13.0 Å². The molecular formula is C16H23N3O2. The normalized spacial score (nSPS) is 15.4. The fourth-order valence-corrected chi connectivity index (χ4v) is 2.19. The molecule has 0 aliphatic heterocycles. The number of benzene rings is 1. The van der Waals surface area contributed by atoms with Crippen molar-refractivity contribution in [3.05, 3.63) is 23.8 Å². The Bertz CT molecular complexity index is 538. The first-order valence-electron chi connectivity index (χ1n) is 7.45. The number of amides is 2. The van der Waals surface area contributed by atoms with Gasteiger partial charge in [-0.25, -0.2) is 0 Å². The van der Waals surface area contributed by atoms with Crippen LogP contribution < -0.4 is 16.4 Å².